The minimum absolute atomic E-state index is 0.106. The lowest BCUT2D eigenvalue weighted by molar-refractivity contribution is -0.190. The molecule has 1 fully saturated rings. The molecule has 114 valence electrons. The Bertz CT molecular complexity index is 453. The minimum atomic E-state index is -4.22. The zero-order chi connectivity index (χ0) is 15.4. The van der Waals surface area contributed by atoms with Gasteiger partial charge in [0.25, 0.3) is 0 Å². The van der Waals surface area contributed by atoms with Crippen molar-refractivity contribution in [2.24, 2.45) is 5.41 Å². The van der Waals surface area contributed by atoms with E-state index in [1.165, 1.54) is 0 Å². The fourth-order valence-electron chi connectivity index (χ4n) is 1.71. The van der Waals surface area contributed by atoms with E-state index in [0.29, 0.717) is 0 Å². The van der Waals surface area contributed by atoms with Crippen molar-refractivity contribution in [3.8, 4) is 5.88 Å². The van der Waals surface area contributed by atoms with Crippen LogP contribution in [0.15, 0.2) is 6.20 Å². The number of nitrogens with one attached hydrogen (secondary N) is 1. The molecule has 2 N–H and O–H groups in total. The number of ether oxygens (including phenoxy) is 1. The van der Waals surface area contributed by atoms with Crippen LogP contribution in [0.2, 0.25) is 0 Å². The number of carbonyl (C=O) groups is 1. The number of hydrogen-bond acceptors (Lipinski definition) is 3. The third-order valence-corrected chi connectivity index (χ3v) is 3.12. The van der Waals surface area contributed by atoms with Gasteiger partial charge >= 0.3 is 12.1 Å². The maximum Gasteiger partial charge on any atom is 0.394 e. The minimum Gasteiger partial charge on any atom is -0.477 e. The molecule has 0 bridgehead atoms. The predicted molar refractivity (Wildman–Crippen MR) is 64.7 cm³/mol. The van der Waals surface area contributed by atoms with E-state index in [9.17, 15) is 18.0 Å². The Morgan fingerprint density at radius 1 is 1.50 bits per heavy atom. The second-order valence-electron chi connectivity index (χ2n) is 4.29. The van der Waals surface area contributed by atoms with Crippen LogP contribution >= 0.6 is 0 Å². The Balaban J connectivity index is 0.000000956. The van der Waals surface area contributed by atoms with Crippen molar-refractivity contribution >= 4 is 5.97 Å². The Morgan fingerprint density at radius 3 is 2.55 bits per heavy atom. The second kappa shape index (κ2) is 6.15. The molecule has 0 saturated heterocycles. The smallest absolute Gasteiger partial charge is 0.394 e. The highest BCUT2D eigenvalue weighted by molar-refractivity contribution is 5.89. The topological polar surface area (TPSA) is 75.2 Å². The number of aromatic amines is 1. The summed E-state index contributed by atoms with van der Waals surface area (Å²) in [5.74, 6) is -1.35. The fraction of sp³-hybridized carbons (Fsp3) is 0.667. The molecule has 8 heteroatoms. The van der Waals surface area contributed by atoms with Crippen LogP contribution in [0.5, 0.6) is 5.88 Å². The summed E-state index contributed by atoms with van der Waals surface area (Å²) in [5.41, 5.74) is -1.83. The summed E-state index contributed by atoms with van der Waals surface area (Å²) in [5, 5.41) is 14.5. The third-order valence-electron chi connectivity index (χ3n) is 3.12. The number of alkyl halides is 3. The number of H-pyrrole nitrogens is 1. The van der Waals surface area contributed by atoms with Crippen molar-refractivity contribution in [1.82, 2.24) is 10.2 Å². The summed E-state index contributed by atoms with van der Waals surface area (Å²) in [4.78, 5) is 10.7. The number of nitrogens with zero attached hydrogens (tertiary/aromatic N) is 1. The maximum absolute atomic E-state index is 12.6. The van der Waals surface area contributed by atoms with Gasteiger partial charge in [-0.2, -0.15) is 18.3 Å². The summed E-state index contributed by atoms with van der Waals surface area (Å²) >= 11 is 0. The van der Waals surface area contributed by atoms with E-state index in [4.69, 9.17) is 9.84 Å². The van der Waals surface area contributed by atoms with Crippen LogP contribution in [-0.2, 0) is 0 Å². The van der Waals surface area contributed by atoms with Gasteiger partial charge in [0.2, 0.25) is 5.88 Å². The quantitative estimate of drug-likeness (QED) is 0.874. The highest BCUT2D eigenvalue weighted by Crippen LogP contribution is 2.59. The number of aromatic carboxylic acids is 1. The summed E-state index contributed by atoms with van der Waals surface area (Å²) in [6.45, 7) is 3.81. The first-order valence-electron chi connectivity index (χ1n) is 6.32. The molecule has 1 aromatic heterocycles. The molecule has 0 unspecified atom stereocenters. The van der Waals surface area contributed by atoms with Crippen molar-refractivity contribution in [2.45, 2.75) is 39.3 Å². The normalized spacial score (nSPS) is 16.1. The number of rotatable bonds is 5. The van der Waals surface area contributed by atoms with Gasteiger partial charge in [0.15, 0.2) is 0 Å². The van der Waals surface area contributed by atoms with Crippen LogP contribution in [0.25, 0.3) is 0 Å². The molecular weight excluding hydrogens is 277 g/mol. The van der Waals surface area contributed by atoms with Gasteiger partial charge in [0, 0.05) is 0 Å². The van der Waals surface area contributed by atoms with Gasteiger partial charge in [-0.15, -0.1) is 0 Å². The molecule has 1 saturated carbocycles. The SMILES string of the molecule is CC.O=C(O)c1cn[nH]c1OCCC1(C(F)(F)F)CC1. The highest BCUT2D eigenvalue weighted by atomic mass is 19.4. The monoisotopic (exact) mass is 294 g/mol. The molecule has 20 heavy (non-hydrogen) atoms. The van der Waals surface area contributed by atoms with Gasteiger partial charge in [0.1, 0.15) is 5.56 Å². The molecule has 5 nitrogen and oxygen atoms in total. The molecule has 0 aliphatic heterocycles. The number of halogens is 3. The lowest BCUT2D eigenvalue weighted by Crippen LogP contribution is -2.26. The summed E-state index contributed by atoms with van der Waals surface area (Å²) in [6.07, 6.45) is -3.13. The zero-order valence-electron chi connectivity index (χ0n) is 11.3. The average molecular weight is 294 g/mol. The van der Waals surface area contributed by atoms with Gasteiger partial charge in [0.05, 0.1) is 18.2 Å². The Labute approximate surface area is 114 Å². The second-order valence-corrected chi connectivity index (χ2v) is 4.29. The molecule has 1 heterocycles. The van der Waals surface area contributed by atoms with Crippen molar-refractivity contribution in [1.29, 1.82) is 0 Å². The lowest BCUT2D eigenvalue weighted by atomic mass is 10.0. The van der Waals surface area contributed by atoms with Crippen molar-refractivity contribution < 1.29 is 27.8 Å². The van der Waals surface area contributed by atoms with Gasteiger partial charge < -0.3 is 9.84 Å². The van der Waals surface area contributed by atoms with Crippen molar-refractivity contribution in [3.05, 3.63) is 11.8 Å². The van der Waals surface area contributed by atoms with Gasteiger partial charge in [-0.1, -0.05) is 13.8 Å². The van der Waals surface area contributed by atoms with E-state index in [0.717, 1.165) is 6.20 Å². The standard InChI is InChI=1S/C10H11F3N2O3.C2H6/c11-10(12,13)9(1-2-9)3-4-18-7-6(8(16)17)5-14-15-7;1-2/h5H,1-4H2,(H,14,15)(H,16,17);1-2H3. The van der Waals surface area contributed by atoms with Crippen molar-refractivity contribution in [3.63, 3.8) is 0 Å². The van der Waals surface area contributed by atoms with E-state index in [-0.39, 0.29) is 37.3 Å². The molecule has 0 spiro atoms. The Morgan fingerprint density at radius 2 is 2.10 bits per heavy atom. The summed E-state index contributed by atoms with van der Waals surface area (Å²) in [6, 6.07) is 0. The molecule has 1 aromatic rings. The molecule has 0 atom stereocenters. The first-order valence-corrected chi connectivity index (χ1v) is 6.32. The van der Waals surface area contributed by atoms with E-state index >= 15 is 0 Å². The molecular formula is C12H17F3N2O3. The van der Waals surface area contributed by atoms with Crippen molar-refractivity contribution in [2.75, 3.05) is 6.61 Å². The molecule has 0 amide bonds. The molecule has 2 rings (SSSR count). The van der Waals surface area contributed by atoms with Crippen LogP contribution in [-0.4, -0.2) is 34.1 Å². The van der Waals surface area contributed by atoms with E-state index in [1.807, 2.05) is 13.8 Å². The largest absolute Gasteiger partial charge is 0.477 e. The zero-order valence-corrected chi connectivity index (χ0v) is 11.3. The number of carboxylic acid groups (broad SMARTS) is 1. The molecule has 0 aromatic carbocycles. The number of carboxylic acids is 1. The van der Waals surface area contributed by atoms with Crippen LogP contribution in [0.3, 0.4) is 0 Å². The maximum atomic E-state index is 12.6. The average Bonchev–Trinajstić information content (AvgIpc) is 3.02. The van der Waals surface area contributed by atoms with E-state index in [2.05, 4.69) is 10.2 Å². The highest BCUT2D eigenvalue weighted by Gasteiger charge is 2.62. The molecule has 1 aliphatic carbocycles. The van der Waals surface area contributed by atoms with Crippen LogP contribution < -0.4 is 4.74 Å². The Hall–Kier alpha value is -1.73. The van der Waals surface area contributed by atoms with Crippen LogP contribution in [0.1, 0.15) is 43.5 Å². The summed E-state index contributed by atoms with van der Waals surface area (Å²) in [7, 11) is 0. The first kappa shape index (κ1) is 16.3. The van der Waals surface area contributed by atoms with E-state index in [1.54, 1.807) is 0 Å². The third kappa shape index (κ3) is 3.43. The Kier molecular flexibility index (Phi) is 5.02. The van der Waals surface area contributed by atoms with Gasteiger partial charge in [-0.3, -0.25) is 0 Å². The molecule has 1 aliphatic rings. The summed E-state index contributed by atoms with van der Waals surface area (Å²) < 4.78 is 42.8. The van der Waals surface area contributed by atoms with Crippen LogP contribution in [0.4, 0.5) is 13.2 Å². The van der Waals surface area contributed by atoms with E-state index < -0.39 is 17.6 Å². The lowest BCUT2D eigenvalue weighted by Gasteiger charge is -2.18. The number of aromatic nitrogens is 2. The van der Waals surface area contributed by atoms with Gasteiger partial charge in [-0.25, -0.2) is 9.89 Å². The van der Waals surface area contributed by atoms with Crippen LogP contribution in [0, 0.1) is 5.41 Å². The number of hydrogen-bond donors (Lipinski definition) is 2. The fourth-order valence-corrected chi connectivity index (χ4v) is 1.71. The first-order chi connectivity index (χ1) is 9.36. The molecule has 0 radical (unpaired) electrons. The van der Waals surface area contributed by atoms with Gasteiger partial charge in [-0.05, 0) is 19.3 Å². The predicted octanol–water partition coefficient (Wildman–Crippen LogP) is 3.25.